The predicted octanol–water partition coefficient (Wildman–Crippen LogP) is 1.59. The first kappa shape index (κ1) is 12.0. The highest BCUT2D eigenvalue weighted by Gasteiger charge is 2.41. The van der Waals surface area contributed by atoms with Gasteiger partial charge in [-0.2, -0.15) is 0 Å². The van der Waals surface area contributed by atoms with Crippen molar-refractivity contribution < 1.29 is 8.42 Å². The van der Waals surface area contributed by atoms with Crippen LogP contribution in [0.4, 0.5) is 0 Å². The van der Waals surface area contributed by atoms with Crippen molar-refractivity contribution in [1.29, 1.82) is 0 Å². The third-order valence-electron chi connectivity index (χ3n) is 4.56. The Balaban J connectivity index is 1.49. The molecule has 1 heterocycles. The first-order valence-corrected chi connectivity index (χ1v) is 8.90. The van der Waals surface area contributed by atoms with Crippen LogP contribution >= 0.6 is 0 Å². The summed E-state index contributed by atoms with van der Waals surface area (Å²) in [5, 5.41) is 3.54. The molecule has 0 aromatic carbocycles. The molecule has 0 aromatic heterocycles. The minimum absolute atomic E-state index is 0.230. The van der Waals surface area contributed by atoms with E-state index in [1.54, 1.807) is 0 Å². The highest BCUT2D eigenvalue weighted by atomic mass is 32.2. The zero-order valence-corrected chi connectivity index (χ0v) is 11.2. The lowest BCUT2D eigenvalue weighted by Gasteiger charge is -2.26. The van der Waals surface area contributed by atoms with E-state index in [9.17, 15) is 8.42 Å². The van der Waals surface area contributed by atoms with E-state index in [4.69, 9.17) is 0 Å². The number of sulfone groups is 1. The Morgan fingerprint density at radius 1 is 1.06 bits per heavy atom. The maximum Gasteiger partial charge on any atom is 0.151 e. The van der Waals surface area contributed by atoms with Gasteiger partial charge in [-0.15, -0.1) is 0 Å². The van der Waals surface area contributed by atoms with Gasteiger partial charge < -0.3 is 5.32 Å². The van der Waals surface area contributed by atoms with Gasteiger partial charge in [0, 0.05) is 6.04 Å². The lowest BCUT2D eigenvalue weighted by molar-refractivity contribution is 0.351. The van der Waals surface area contributed by atoms with E-state index in [2.05, 4.69) is 5.32 Å². The van der Waals surface area contributed by atoms with Gasteiger partial charge in [-0.25, -0.2) is 8.42 Å². The molecule has 0 aromatic rings. The van der Waals surface area contributed by atoms with Crippen LogP contribution in [0.25, 0.3) is 0 Å². The Labute approximate surface area is 104 Å². The Morgan fingerprint density at radius 2 is 1.71 bits per heavy atom. The van der Waals surface area contributed by atoms with Crippen molar-refractivity contribution >= 4 is 9.84 Å². The third-order valence-corrected chi connectivity index (χ3v) is 6.38. The molecule has 1 unspecified atom stereocenters. The summed E-state index contributed by atoms with van der Waals surface area (Å²) < 4.78 is 23.1. The van der Waals surface area contributed by atoms with Gasteiger partial charge in [-0.3, -0.25) is 0 Å². The fourth-order valence-electron chi connectivity index (χ4n) is 3.25. The molecule has 0 radical (unpaired) electrons. The minimum Gasteiger partial charge on any atom is -0.313 e. The van der Waals surface area contributed by atoms with Gasteiger partial charge in [0.15, 0.2) is 9.84 Å². The van der Waals surface area contributed by atoms with Crippen molar-refractivity contribution in [2.24, 2.45) is 17.8 Å². The molecule has 3 rings (SSSR count). The van der Waals surface area contributed by atoms with Gasteiger partial charge in [-0.05, 0) is 62.8 Å². The fourth-order valence-corrected chi connectivity index (χ4v) is 4.92. The molecule has 1 N–H and O–H groups in total. The van der Waals surface area contributed by atoms with Gasteiger partial charge >= 0.3 is 0 Å². The van der Waals surface area contributed by atoms with E-state index in [-0.39, 0.29) is 6.04 Å². The van der Waals surface area contributed by atoms with Crippen LogP contribution in [0, 0.1) is 17.8 Å². The SMILES string of the molecule is O=S1(=O)CCCC(NCC(C2CC2)C2CC2)C1. The van der Waals surface area contributed by atoms with Crippen molar-refractivity contribution in [3.8, 4) is 0 Å². The summed E-state index contributed by atoms with van der Waals surface area (Å²) in [6.45, 7) is 1.06. The van der Waals surface area contributed by atoms with Crippen LogP contribution in [0.1, 0.15) is 38.5 Å². The van der Waals surface area contributed by atoms with Crippen LogP contribution in [0.2, 0.25) is 0 Å². The lowest BCUT2D eigenvalue weighted by atomic mass is 9.97. The van der Waals surface area contributed by atoms with Crippen molar-refractivity contribution in [1.82, 2.24) is 5.32 Å². The molecule has 3 aliphatic rings. The first-order chi connectivity index (χ1) is 8.14. The third kappa shape index (κ3) is 3.22. The monoisotopic (exact) mass is 257 g/mol. The summed E-state index contributed by atoms with van der Waals surface area (Å²) in [5.41, 5.74) is 0. The molecule has 3 fully saturated rings. The fraction of sp³-hybridized carbons (Fsp3) is 1.00. The molecule has 3 nitrogen and oxygen atoms in total. The molecular weight excluding hydrogens is 234 g/mol. The molecule has 0 amide bonds. The summed E-state index contributed by atoms with van der Waals surface area (Å²) in [4.78, 5) is 0. The first-order valence-electron chi connectivity index (χ1n) is 7.08. The van der Waals surface area contributed by atoms with Gasteiger partial charge in [0.1, 0.15) is 0 Å². The number of hydrogen-bond donors (Lipinski definition) is 1. The maximum atomic E-state index is 11.6. The molecule has 2 aliphatic carbocycles. The predicted molar refractivity (Wildman–Crippen MR) is 68.6 cm³/mol. The van der Waals surface area contributed by atoms with Crippen molar-refractivity contribution in [3.05, 3.63) is 0 Å². The number of nitrogens with one attached hydrogen (secondary N) is 1. The molecule has 0 bridgehead atoms. The second-order valence-electron chi connectivity index (χ2n) is 6.20. The molecule has 17 heavy (non-hydrogen) atoms. The van der Waals surface area contributed by atoms with Crippen molar-refractivity contribution in [2.75, 3.05) is 18.1 Å². The minimum atomic E-state index is -2.75. The quantitative estimate of drug-likeness (QED) is 0.813. The van der Waals surface area contributed by atoms with Crippen LogP contribution < -0.4 is 5.32 Å². The summed E-state index contributed by atoms with van der Waals surface area (Å²) in [6.07, 6.45) is 7.52. The van der Waals surface area contributed by atoms with E-state index in [0.29, 0.717) is 11.5 Å². The topological polar surface area (TPSA) is 46.2 Å². The van der Waals surface area contributed by atoms with Gasteiger partial charge in [0.25, 0.3) is 0 Å². The van der Waals surface area contributed by atoms with Crippen molar-refractivity contribution in [3.63, 3.8) is 0 Å². The average molecular weight is 257 g/mol. The summed E-state index contributed by atoms with van der Waals surface area (Å²) >= 11 is 0. The zero-order chi connectivity index (χ0) is 11.9. The Morgan fingerprint density at radius 3 is 2.24 bits per heavy atom. The van der Waals surface area contributed by atoms with E-state index in [1.165, 1.54) is 25.7 Å². The number of hydrogen-bond acceptors (Lipinski definition) is 3. The summed E-state index contributed by atoms with van der Waals surface area (Å²) in [7, 11) is -2.75. The lowest BCUT2D eigenvalue weighted by Crippen LogP contribution is -2.42. The average Bonchev–Trinajstić information content (AvgIpc) is 3.12. The highest BCUT2D eigenvalue weighted by molar-refractivity contribution is 7.91. The molecule has 1 aliphatic heterocycles. The normalized spacial score (nSPS) is 32.9. The van der Waals surface area contributed by atoms with Crippen LogP contribution in [-0.4, -0.2) is 32.5 Å². The van der Waals surface area contributed by atoms with Crippen LogP contribution in [-0.2, 0) is 9.84 Å². The Kier molecular flexibility index (Phi) is 3.20. The van der Waals surface area contributed by atoms with E-state index < -0.39 is 9.84 Å². The van der Waals surface area contributed by atoms with Gasteiger partial charge in [0.05, 0.1) is 11.5 Å². The van der Waals surface area contributed by atoms with Crippen LogP contribution in [0.15, 0.2) is 0 Å². The number of rotatable bonds is 5. The molecular formula is C13H23NO2S. The Bertz CT molecular complexity index is 359. The summed E-state index contributed by atoms with van der Waals surface area (Å²) in [6, 6.07) is 0.230. The van der Waals surface area contributed by atoms with Crippen molar-refractivity contribution in [2.45, 2.75) is 44.6 Å². The van der Waals surface area contributed by atoms with Gasteiger partial charge in [-0.1, -0.05) is 0 Å². The summed E-state index contributed by atoms with van der Waals surface area (Å²) in [5.74, 6) is 3.53. The Hall–Kier alpha value is -0.0900. The van der Waals surface area contributed by atoms with Crippen LogP contribution in [0.5, 0.6) is 0 Å². The molecule has 2 saturated carbocycles. The molecule has 0 spiro atoms. The molecule has 98 valence electrons. The maximum absolute atomic E-state index is 11.6. The largest absolute Gasteiger partial charge is 0.313 e. The standard InChI is InChI=1S/C13H23NO2S/c15-17(16)7-1-2-12(9-17)14-8-13(10-3-4-10)11-5-6-11/h10-14H,1-9H2. The van der Waals surface area contributed by atoms with E-state index >= 15 is 0 Å². The van der Waals surface area contributed by atoms with Gasteiger partial charge in [0.2, 0.25) is 0 Å². The zero-order valence-electron chi connectivity index (χ0n) is 10.4. The second-order valence-corrected chi connectivity index (χ2v) is 8.43. The van der Waals surface area contributed by atoms with E-state index in [1.807, 2.05) is 0 Å². The molecule has 1 atom stereocenters. The molecule has 4 heteroatoms. The second kappa shape index (κ2) is 4.54. The van der Waals surface area contributed by atoms with E-state index in [0.717, 1.165) is 37.1 Å². The molecule has 1 saturated heterocycles. The highest BCUT2D eigenvalue weighted by Crippen LogP contribution is 2.48. The van der Waals surface area contributed by atoms with Crippen LogP contribution in [0.3, 0.4) is 0 Å². The smallest absolute Gasteiger partial charge is 0.151 e.